The highest BCUT2D eigenvalue weighted by atomic mass is 32.1. The predicted molar refractivity (Wildman–Crippen MR) is 83.4 cm³/mol. The fourth-order valence-corrected chi connectivity index (χ4v) is 3.09. The summed E-state index contributed by atoms with van der Waals surface area (Å²) >= 11 is 1.19. The molecular weight excluding hydrogens is 276 g/mol. The largest absolute Gasteiger partial charge is 0.397 e. The summed E-state index contributed by atoms with van der Waals surface area (Å²) in [6.45, 7) is 5.66. The number of nitrogen functional groups attached to an aromatic ring is 1. The Morgan fingerprint density at radius 3 is 2.45 bits per heavy atom. The average molecular weight is 298 g/mol. The van der Waals surface area contributed by atoms with E-state index in [1.54, 1.807) is 0 Å². The van der Waals surface area contributed by atoms with Crippen LogP contribution >= 0.6 is 11.3 Å². The van der Waals surface area contributed by atoms with E-state index in [-0.39, 0.29) is 16.5 Å². The number of carbonyl (C=O) groups is 2. The van der Waals surface area contributed by atoms with Crippen LogP contribution in [0.4, 0.5) is 10.7 Å². The Kier molecular flexibility index (Phi) is 5.82. The van der Waals surface area contributed by atoms with E-state index in [2.05, 4.69) is 17.1 Å². The molecule has 1 aromatic heterocycles. The summed E-state index contributed by atoms with van der Waals surface area (Å²) in [6, 6.07) is 0. The lowest BCUT2D eigenvalue weighted by atomic mass is 10.2. The molecule has 1 heterocycles. The van der Waals surface area contributed by atoms with Gasteiger partial charge in [-0.3, -0.25) is 9.59 Å². The van der Waals surface area contributed by atoms with Crippen molar-refractivity contribution < 1.29 is 9.59 Å². The number of nitrogens with zero attached hydrogens (tertiary/aromatic N) is 1. The van der Waals surface area contributed by atoms with E-state index in [1.807, 2.05) is 6.92 Å². The maximum absolute atomic E-state index is 12.0. The molecule has 5 N–H and O–H groups in total. The van der Waals surface area contributed by atoms with Gasteiger partial charge in [-0.05, 0) is 13.3 Å². The van der Waals surface area contributed by atoms with Crippen molar-refractivity contribution in [2.45, 2.75) is 26.7 Å². The Hall–Kier alpha value is -1.76. The Balaban J connectivity index is 3.31. The maximum atomic E-state index is 12.0. The molecule has 112 valence electrons. The van der Waals surface area contributed by atoms with Crippen molar-refractivity contribution in [1.82, 2.24) is 5.32 Å². The molecule has 0 radical (unpaired) electrons. The van der Waals surface area contributed by atoms with E-state index in [4.69, 9.17) is 11.5 Å². The van der Waals surface area contributed by atoms with Crippen LogP contribution in [0.25, 0.3) is 0 Å². The first-order valence-electron chi connectivity index (χ1n) is 6.66. The Labute approximate surface area is 123 Å². The number of rotatable bonds is 7. The molecule has 0 saturated carbocycles. The molecule has 0 bridgehead atoms. The molecule has 1 rings (SSSR count). The highest BCUT2D eigenvalue weighted by Crippen LogP contribution is 2.38. The van der Waals surface area contributed by atoms with Crippen molar-refractivity contribution in [1.29, 1.82) is 0 Å². The number of nitrogens with two attached hydrogens (primary N) is 2. The molecule has 0 atom stereocenters. The van der Waals surface area contributed by atoms with Gasteiger partial charge in [0.25, 0.3) is 11.8 Å². The smallest absolute Gasteiger partial charge is 0.260 e. The number of thiophene rings is 1. The number of hydrogen-bond acceptors (Lipinski definition) is 5. The number of carbonyl (C=O) groups excluding carboxylic acids is 2. The number of unbranched alkanes of at least 4 members (excludes halogenated alkanes) is 1. The summed E-state index contributed by atoms with van der Waals surface area (Å²) in [4.78, 5) is 25.7. The average Bonchev–Trinajstić information content (AvgIpc) is 2.77. The van der Waals surface area contributed by atoms with E-state index in [0.717, 1.165) is 25.9 Å². The monoisotopic (exact) mass is 298 g/mol. The first-order valence-corrected chi connectivity index (χ1v) is 7.48. The van der Waals surface area contributed by atoms with Crippen molar-refractivity contribution >= 4 is 33.8 Å². The molecular formula is C13H22N4O2S. The lowest BCUT2D eigenvalue weighted by molar-refractivity contribution is 0.0964. The number of primary amides is 1. The summed E-state index contributed by atoms with van der Waals surface area (Å²) in [5.41, 5.74) is 11.8. The van der Waals surface area contributed by atoms with Crippen molar-refractivity contribution in [3.63, 3.8) is 0 Å². The van der Waals surface area contributed by atoms with Crippen LogP contribution in [0.5, 0.6) is 0 Å². The second-order valence-corrected chi connectivity index (χ2v) is 5.40. The zero-order valence-electron chi connectivity index (χ0n) is 12.2. The number of anilines is 2. The summed E-state index contributed by atoms with van der Waals surface area (Å²) in [6.07, 6.45) is 2.06. The molecule has 0 unspecified atom stereocenters. The summed E-state index contributed by atoms with van der Waals surface area (Å²) in [7, 11) is 1.54. The number of nitrogens with one attached hydrogen (secondary N) is 1. The molecule has 20 heavy (non-hydrogen) atoms. The molecule has 0 aliphatic rings. The van der Waals surface area contributed by atoms with Crippen molar-refractivity contribution in [3.05, 3.63) is 10.4 Å². The topological polar surface area (TPSA) is 101 Å². The van der Waals surface area contributed by atoms with E-state index in [1.165, 1.54) is 18.4 Å². The standard InChI is InChI=1S/C13H22N4O2S/c1-4-6-7-17(5-2)13-8(12(19)16-3)9(14)10(20-13)11(15)18/h4-7,14H2,1-3H3,(H2,15,18)(H,16,19). The van der Waals surface area contributed by atoms with Crippen LogP contribution in [0.1, 0.15) is 46.7 Å². The molecule has 0 spiro atoms. The molecule has 0 aliphatic heterocycles. The Bertz CT molecular complexity index is 499. The second kappa shape index (κ2) is 7.14. The van der Waals surface area contributed by atoms with Gasteiger partial charge in [-0.15, -0.1) is 11.3 Å². The maximum Gasteiger partial charge on any atom is 0.260 e. The lowest BCUT2D eigenvalue weighted by Gasteiger charge is -2.22. The second-order valence-electron chi connectivity index (χ2n) is 4.40. The van der Waals surface area contributed by atoms with Crippen LogP contribution in [-0.2, 0) is 0 Å². The summed E-state index contributed by atoms with van der Waals surface area (Å²) in [5, 5.41) is 3.27. The van der Waals surface area contributed by atoms with Gasteiger partial charge >= 0.3 is 0 Å². The van der Waals surface area contributed by atoms with Crippen molar-refractivity contribution in [2.24, 2.45) is 5.73 Å². The molecule has 7 heteroatoms. The van der Waals surface area contributed by atoms with Gasteiger partial charge in [-0.25, -0.2) is 0 Å². The minimum Gasteiger partial charge on any atom is -0.397 e. The fourth-order valence-electron chi connectivity index (χ4n) is 1.93. The third-order valence-corrected chi connectivity index (χ3v) is 4.34. The highest BCUT2D eigenvalue weighted by Gasteiger charge is 2.26. The van der Waals surface area contributed by atoms with Gasteiger partial charge in [0.1, 0.15) is 9.88 Å². The zero-order valence-corrected chi connectivity index (χ0v) is 13.0. The molecule has 0 aromatic carbocycles. The first-order chi connectivity index (χ1) is 9.47. The van der Waals surface area contributed by atoms with Crippen LogP contribution in [0.2, 0.25) is 0 Å². The number of amides is 2. The van der Waals surface area contributed by atoms with Crippen LogP contribution in [-0.4, -0.2) is 32.0 Å². The van der Waals surface area contributed by atoms with E-state index in [0.29, 0.717) is 10.6 Å². The minimum absolute atomic E-state index is 0.173. The molecule has 0 fully saturated rings. The predicted octanol–water partition coefficient (Wildman–Crippen LogP) is 1.42. The fraction of sp³-hybridized carbons (Fsp3) is 0.538. The molecule has 0 aliphatic carbocycles. The zero-order chi connectivity index (χ0) is 15.3. The van der Waals surface area contributed by atoms with Gasteiger partial charge in [-0.1, -0.05) is 13.3 Å². The number of hydrogen-bond donors (Lipinski definition) is 3. The molecule has 0 saturated heterocycles. The minimum atomic E-state index is -0.601. The normalized spacial score (nSPS) is 10.3. The van der Waals surface area contributed by atoms with Gasteiger partial charge in [0, 0.05) is 20.1 Å². The Morgan fingerprint density at radius 2 is 2.00 bits per heavy atom. The third-order valence-electron chi connectivity index (χ3n) is 3.05. The molecule has 6 nitrogen and oxygen atoms in total. The van der Waals surface area contributed by atoms with E-state index >= 15 is 0 Å². The lowest BCUT2D eigenvalue weighted by Crippen LogP contribution is -2.27. The van der Waals surface area contributed by atoms with Gasteiger partial charge in [0.15, 0.2) is 0 Å². The van der Waals surface area contributed by atoms with Crippen LogP contribution < -0.4 is 21.7 Å². The van der Waals surface area contributed by atoms with Gasteiger partial charge < -0.3 is 21.7 Å². The van der Waals surface area contributed by atoms with Crippen LogP contribution in [0.3, 0.4) is 0 Å². The first kappa shape index (κ1) is 16.3. The van der Waals surface area contributed by atoms with E-state index < -0.39 is 5.91 Å². The Morgan fingerprint density at radius 1 is 1.35 bits per heavy atom. The molecule has 1 aromatic rings. The van der Waals surface area contributed by atoms with E-state index in [9.17, 15) is 9.59 Å². The van der Waals surface area contributed by atoms with Crippen LogP contribution in [0.15, 0.2) is 0 Å². The highest BCUT2D eigenvalue weighted by molar-refractivity contribution is 7.19. The van der Waals surface area contributed by atoms with Gasteiger partial charge in [-0.2, -0.15) is 0 Å². The van der Waals surface area contributed by atoms with Gasteiger partial charge in [0.2, 0.25) is 0 Å². The van der Waals surface area contributed by atoms with Crippen molar-refractivity contribution in [2.75, 3.05) is 30.8 Å². The van der Waals surface area contributed by atoms with Gasteiger partial charge in [0.05, 0.1) is 11.3 Å². The molecule has 2 amide bonds. The quantitative estimate of drug-likeness (QED) is 0.708. The van der Waals surface area contributed by atoms with Crippen LogP contribution in [0, 0.1) is 0 Å². The summed E-state index contributed by atoms with van der Waals surface area (Å²) < 4.78 is 0. The summed E-state index contributed by atoms with van der Waals surface area (Å²) in [5.74, 6) is -0.897. The third kappa shape index (κ3) is 3.22. The van der Waals surface area contributed by atoms with Crippen molar-refractivity contribution in [3.8, 4) is 0 Å². The SMILES string of the molecule is CCCCN(CC)c1sc(C(N)=O)c(N)c1C(=O)NC.